The summed E-state index contributed by atoms with van der Waals surface area (Å²) in [5.41, 5.74) is -1.80. The number of ketones is 1. The second kappa shape index (κ2) is 9.45. The average molecular weight is 415 g/mol. The Labute approximate surface area is 171 Å². The number of likely N-dealkylation sites (tertiary alicyclic amines) is 1. The van der Waals surface area contributed by atoms with Gasteiger partial charge < -0.3 is 9.64 Å². The van der Waals surface area contributed by atoms with Gasteiger partial charge in [0.2, 0.25) is 5.88 Å². The van der Waals surface area contributed by atoms with Crippen molar-refractivity contribution in [1.29, 1.82) is 0 Å². The lowest BCUT2D eigenvalue weighted by Gasteiger charge is -2.39. The summed E-state index contributed by atoms with van der Waals surface area (Å²) in [6, 6.07) is 2.15. The Bertz CT molecular complexity index is 689. The van der Waals surface area contributed by atoms with Gasteiger partial charge in [0.15, 0.2) is 0 Å². The molecule has 1 aliphatic rings. The molecule has 0 spiro atoms. The molecule has 2 rings (SSSR count). The number of halogens is 3. The second-order valence-corrected chi connectivity index (χ2v) is 9.21. The first-order valence-corrected chi connectivity index (χ1v) is 10.3. The van der Waals surface area contributed by atoms with Crippen molar-refractivity contribution >= 4 is 5.78 Å². The molecule has 29 heavy (non-hydrogen) atoms. The summed E-state index contributed by atoms with van der Waals surface area (Å²) in [7, 11) is 2.13. The first kappa shape index (κ1) is 23.6. The van der Waals surface area contributed by atoms with Gasteiger partial charge in [-0.2, -0.15) is 13.2 Å². The maximum Gasteiger partial charge on any atom is 0.421 e. The van der Waals surface area contributed by atoms with E-state index in [9.17, 15) is 18.0 Å². The lowest BCUT2D eigenvalue weighted by molar-refractivity contribution is -0.139. The lowest BCUT2D eigenvalue weighted by atomic mass is 9.75. The number of aromatic nitrogens is 1. The fourth-order valence-corrected chi connectivity index (χ4v) is 4.02. The van der Waals surface area contributed by atoms with Crippen LogP contribution in [0.25, 0.3) is 0 Å². The van der Waals surface area contributed by atoms with Crippen LogP contribution in [0.3, 0.4) is 0 Å². The van der Waals surface area contributed by atoms with Crippen molar-refractivity contribution in [1.82, 2.24) is 9.88 Å². The Morgan fingerprint density at radius 3 is 2.66 bits per heavy atom. The number of pyridine rings is 1. The first-order valence-electron chi connectivity index (χ1n) is 10.3. The number of alkyl halides is 3. The topological polar surface area (TPSA) is 42.4 Å². The van der Waals surface area contributed by atoms with Crippen molar-refractivity contribution in [2.24, 2.45) is 23.2 Å². The summed E-state index contributed by atoms with van der Waals surface area (Å²) in [4.78, 5) is 18.9. The van der Waals surface area contributed by atoms with Gasteiger partial charge in [-0.1, -0.05) is 13.8 Å². The number of Topliss-reactive ketones (excluding diaryl/α,β-unsaturated/α-hetero) is 1. The normalized spacial score (nSPS) is 21.4. The number of carbonyl (C=O) groups excluding carboxylic acids is 1. The molecule has 1 aromatic rings. The van der Waals surface area contributed by atoms with E-state index in [-0.39, 0.29) is 12.4 Å². The summed E-state index contributed by atoms with van der Waals surface area (Å²) < 4.78 is 44.6. The van der Waals surface area contributed by atoms with Gasteiger partial charge in [0, 0.05) is 19.2 Å². The van der Waals surface area contributed by atoms with E-state index in [1.54, 1.807) is 13.8 Å². The molecule has 0 aliphatic carbocycles. The highest BCUT2D eigenvalue weighted by Gasteiger charge is 2.37. The molecular weight excluding hydrogens is 381 g/mol. The highest BCUT2D eigenvalue weighted by Crippen LogP contribution is 2.36. The number of rotatable bonds is 8. The summed E-state index contributed by atoms with van der Waals surface area (Å²) in [6.07, 6.45) is -0.978. The van der Waals surface area contributed by atoms with Crippen LogP contribution in [-0.4, -0.2) is 42.4 Å². The van der Waals surface area contributed by atoms with Crippen molar-refractivity contribution in [2.45, 2.75) is 53.1 Å². The van der Waals surface area contributed by atoms with Crippen LogP contribution >= 0.6 is 0 Å². The van der Waals surface area contributed by atoms with E-state index in [1.165, 1.54) is 12.3 Å². The van der Waals surface area contributed by atoms with Crippen LogP contribution in [0.1, 0.15) is 52.5 Å². The fraction of sp³-hybridized carbons (Fsp3) is 0.727. The molecule has 0 amide bonds. The smallest absolute Gasteiger partial charge is 0.421 e. The number of carbonyl (C=O) groups is 1. The quantitative estimate of drug-likeness (QED) is 0.595. The van der Waals surface area contributed by atoms with Crippen LogP contribution in [0.4, 0.5) is 13.2 Å². The van der Waals surface area contributed by atoms with Crippen LogP contribution in [0.15, 0.2) is 18.3 Å². The number of piperidine rings is 1. The fourth-order valence-electron chi connectivity index (χ4n) is 4.02. The molecule has 0 bridgehead atoms. The molecule has 2 heterocycles. The summed E-state index contributed by atoms with van der Waals surface area (Å²) in [5.74, 6) is 1.15. The van der Waals surface area contributed by atoms with Crippen molar-refractivity contribution in [3.8, 4) is 5.88 Å². The molecule has 0 radical (unpaired) electrons. The van der Waals surface area contributed by atoms with Crippen molar-refractivity contribution in [3.05, 3.63) is 23.9 Å². The zero-order valence-electron chi connectivity index (χ0n) is 18.1. The Hall–Kier alpha value is -1.63. The van der Waals surface area contributed by atoms with E-state index < -0.39 is 23.0 Å². The largest absolute Gasteiger partial charge is 0.476 e. The summed E-state index contributed by atoms with van der Waals surface area (Å²) in [6.45, 7) is 9.84. The van der Waals surface area contributed by atoms with Gasteiger partial charge in [-0.3, -0.25) is 4.79 Å². The highest BCUT2D eigenvalue weighted by atomic mass is 19.4. The molecule has 1 saturated heterocycles. The number of nitrogens with zero attached hydrogens (tertiary/aromatic N) is 2. The van der Waals surface area contributed by atoms with Crippen LogP contribution < -0.4 is 4.74 Å². The molecule has 0 saturated carbocycles. The van der Waals surface area contributed by atoms with E-state index in [0.29, 0.717) is 24.2 Å². The molecule has 1 aromatic heterocycles. The maximum absolute atomic E-state index is 13.1. The molecule has 2 atom stereocenters. The third-order valence-electron chi connectivity index (χ3n) is 6.01. The summed E-state index contributed by atoms with van der Waals surface area (Å²) >= 11 is 0. The predicted molar refractivity (Wildman–Crippen MR) is 107 cm³/mol. The first-order chi connectivity index (χ1) is 13.4. The van der Waals surface area contributed by atoms with Gasteiger partial charge in [-0.25, -0.2) is 4.98 Å². The minimum Gasteiger partial charge on any atom is -0.476 e. The minimum atomic E-state index is -4.54. The maximum atomic E-state index is 13.1. The average Bonchev–Trinajstić information content (AvgIpc) is 2.64. The van der Waals surface area contributed by atoms with E-state index in [4.69, 9.17) is 4.74 Å². The van der Waals surface area contributed by atoms with E-state index in [0.717, 1.165) is 32.0 Å². The molecule has 0 unspecified atom stereocenters. The Morgan fingerprint density at radius 1 is 1.34 bits per heavy atom. The van der Waals surface area contributed by atoms with E-state index in [1.807, 2.05) is 0 Å². The monoisotopic (exact) mass is 414 g/mol. The van der Waals surface area contributed by atoms with Crippen molar-refractivity contribution < 1.29 is 22.7 Å². The Kier molecular flexibility index (Phi) is 7.71. The zero-order chi connectivity index (χ0) is 21.8. The molecule has 1 aliphatic heterocycles. The van der Waals surface area contributed by atoms with Gasteiger partial charge in [0.05, 0.1) is 5.41 Å². The third kappa shape index (κ3) is 6.43. The molecular formula is C22H33F3N2O2. The Morgan fingerprint density at radius 2 is 2.03 bits per heavy atom. The van der Waals surface area contributed by atoms with Gasteiger partial charge in [0.25, 0.3) is 0 Å². The number of ether oxygens (including phenoxy) is 1. The summed E-state index contributed by atoms with van der Waals surface area (Å²) in [5, 5.41) is 0. The standard InChI is InChI=1S/C22H33F3N2O2/c1-15(2)17-13-27(5)12-10-16(17)8-9-19(28)21(3,4)14-29-20-18(22(23,24)25)7-6-11-26-20/h6-7,11,15-17H,8-10,12-14H2,1-5H3/t16-,17-/m0/s1. The van der Waals surface area contributed by atoms with Gasteiger partial charge in [-0.15, -0.1) is 0 Å². The lowest BCUT2D eigenvalue weighted by Crippen LogP contribution is -2.41. The predicted octanol–water partition coefficient (Wildman–Crippen LogP) is 5.08. The van der Waals surface area contributed by atoms with Crippen LogP contribution in [0, 0.1) is 23.2 Å². The van der Waals surface area contributed by atoms with Crippen LogP contribution in [0.2, 0.25) is 0 Å². The molecule has 164 valence electrons. The van der Waals surface area contributed by atoms with Crippen LogP contribution in [-0.2, 0) is 11.0 Å². The van der Waals surface area contributed by atoms with E-state index in [2.05, 4.69) is 30.8 Å². The third-order valence-corrected chi connectivity index (χ3v) is 6.01. The van der Waals surface area contributed by atoms with Gasteiger partial charge in [0.1, 0.15) is 18.0 Å². The minimum absolute atomic E-state index is 0.0171. The second-order valence-electron chi connectivity index (χ2n) is 9.21. The number of hydrogen-bond acceptors (Lipinski definition) is 4. The van der Waals surface area contributed by atoms with E-state index >= 15 is 0 Å². The van der Waals surface area contributed by atoms with Gasteiger partial charge >= 0.3 is 6.18 Å². The molecule has 4 nitrogen and oxygen atoms in total. The molecule has 7 heteroatoms. The van der Waals surface area contributed by atoms with Crippen molar-refractivity contribution in [3.63, 3.8) is 0 Å². The number of hydrogen-bond donors (Lipinski definition) is 0. The van der Waals surface area contributed by atoms with Crippen molar-refractivity contribution in [2.75, 3.05) is 26.7 Å². The van der Waals surface area contributed by atoms with Crippen LogP contribution in [0.5, 0.6) is 5.88 Å². The Balaban J connectivity index is 1.95. The molecule has 0 N–H and O–H groups in total. The SMILES string of the molecule is CC(C)[C@@H]1CN(C)CC[C@@H]1CCC(=O)C(C)(C)COc1ncccc1C(F)(F)F. The molecule has 0 aromatic carbocycles. The zero-order valence-corrected chi connectivity index (χ0v) is 18.1. The highest BCUT2D eigenvalue weighted by molar-refractivity contribution is 5.84. The molecule has 1 fully saturated rings. The van der Waals surface area contributed by atoms with Gasteiger partial charge in [-0.05, 0) is 70.2 Å².